The fraction of sp³-hybridized carbons (Fsp3) is 0.636. The molecule has 1 aromatic heterocycles. The van der Waals surface area contributed by atoms with E-state index in [0.717, 1.165) is 23.5 Å². The quantitative estimate of drug-likeness (QED) is 0.760. The van der Waals surface area contributed by atoms with Crippen LogP contribution < -0.4 is 0 Å². The van der Waals surface area contributed by atoms with E-state index in [4.69, 9.17) is 5.26 Å². The van der Waals surface area contributed by atoms with Crippen LogP contribution in [0.25, 0.3) is 0 Å². The van der Waals surface area contributed by atoms with Gasteiger partial charge in [-0.3, -0.25) is 0 Å². The van der Waals surface area contributed by atoms with E-state index in [2.05, 4.69) is 30.3 Å². The average Bonchev–Trinajstić information content (AvgIpc) is 2.62. The first-order valence-corrected chi connectivity index (χ1v) is 5.89. The van der Waals surface area contributed by atoms with Gasteiger partial charge in [0.15, 0.2) is 0 Å². The van der Waals surface area contributed by atoms with Gasteiger partial charge in [0.25, 0.3) is 0 Å². The monoisotopic (exact) mass is 208 g/mol. The zero-order valence-electron chi connectivity index (χ0n) is 8.95. The van der Waals surface area contributed by atoms with E-state index in [9.17, 15) is 0 Å². The summed E-state index contributed by atoms with van der Waals surface area (Å²) in [6.07, 6.45) is 1.72. The molecular formula is C11H16N2S. The lowest BCUT2D eigenvalue weighted by Gasteiger charge is -2.01. The van der Waals surface area contributed by atoms with Gasteiger partial charge in [0.05, 0.1) is 22.7 Å². The molecular weight excluding hydrogens is 192 g/mol. The second-order valence-corrected chi connectivity index (χ2v) is 4.70. The third kappa shape index (κ3) is 2.81. The van der Waals surface area contributed by atoms with E-state index in [1.807, 2.05) is 6.92 Å². The van der Waals surface area contributed by atoms with Gasteiger partial charge in [0.1, 0.15) is 0 Å². The Hall–Kier alpha value is -0.880. The van der Waals surface area contributed by atoms with Crippen molar-refractivity contribution in [1.29, 1.82) is 5.26 Å². The van der Waals surface area contributed by atoms with E-state index in [1.165, 1.54) is 0 Å². The van der Waals surface area contributed by atoms with E-state index in [-0.39, 0.29) is 5.92 Å². The van der Waals surface area contributed by atoms with Crippen LogP contribution in [0.4, 0.5) is 0 Å². The molecule has 0 aliphatic carbocycles. The van der Waals surface area contributed by atoms with Gasteiger partial charge in [-0.1, -0.05) is 20.8 Å². The molecule has 2 nitrogen and oxygen atoms in total. The summed E-state index contributed by atoms with van der Waals surface area (Å²) < 4.78 is 0. The van der Waals surface area contributed by atoms with Crippen molar-refractivity contribution in [1.82, 2.24) is 4.98 Å². The maximum atomic E-state index is 8.83. The van der Waals surface area contributed by atoms with E-state index >= 15 is 0 Å². The highest BCUT2D eigenvalue weighted by atomic mass is 32.1. The van der Waals surface area contributed by atoms with Crippen LogP contribution in [-0.4, -0.2) is 4.98 Å². The Morgan fingerprint density at radius 2 is 2.29 bits per heavy atom. The van der Waals surface area contributed by atoms with Gasteiger partial charge in [0, 0.05) is 11.8 Å². The Morgan fingerprint density at radius 3 is 2.71 bits per heavy atom. The molecule has 1 heterocycles. The molecule has 0 bridgehead atoms. The van der Waals surface area contributed by atoms with Gasteiger partial charge in [0.2, 0.25) is 0 Å². The SMILES string of the molecule is CCC(C#N)Cc1nc(C(C)C)cs1. The van der Waals surface area contributed by atoms with Crippen LogP contribution in [-0.2, 0) is 6.42 Å². The molecule has 0 radical (unpaired) electrons. The molecule has 0 saturated carbocycles. The molecule has 1 unspecified atom stereocenters. The zero-order chi connectivity index (χ0) is 10.6. The number of nitrogens with zero attached hydrogens (tertiary/aromatic N) is 2. The van der Waals surface area contributed by atoms with Crippen LogP contribution in [0, 0.1) is 17.2 Å². The fourth-order valence-corrected chi connectivity index (χ4v) is 2.21. The minimum absolute atomic E-state index is 0.126. The first kappa shape index (κ1) is 11.2. The first-order chi connectivity index (χ1) is 6.67. The summed E-state index contributed by atoms with van der Waals surface area (Å²) in [5.74, 6) is 0.614. The van der Waals surface area contributed by atoms with Crippen molar-refractivity contribution in [2.45, 2.75) is 39.5 Å². The predicted molar refractivity (Wildman–Crippen MR) is 59.3 cm³/mol. The van der Waals surface area contributed by atoms with Gasteiger partial charge in [-0.25, -0.2) is 4.98 Å². The number of hydrogen-bond acceptors (Lipinski definition) is 3. The highest BCUT2D eigenvalue weighted by Crippen LogP contribution is 2.20. The molecule has 0 N–H and O–H groups in total. The maximum Gasteiger partial charge on any atom is 0.0941 e. The Morgan fingerprint density at radius 1 is 1.57 bits per heavy atom. The lowest BCUT2D eigenvalue weighted by atomic mass is 10.1. The highest BCUT2D eigenvalue weighted by Gasteiger charge is 2.10. The number of thiazole rings is 1. The summed E-state index contributed by atoms with van der Waals surface area (Å²) in [6.45, 7) is 6.33. The smallest absolute Gasteiger partial charge is 0.0941 e. The third-order valence-electron chi connectivity index (χ3n) is 2.26. The van der Waals surface area contributed by atoms with Gasteiger partial charge in [-0.05, 0) is 12.3 Å². The molecule has 1 aromatic rings. The largest absolute Gasteiger partial charge is 0.246 e. The van der Waals surface area contributed by atoms with Gasteiger partial charge < -0.3 is 0 Å². The number of rotatable bonds is 4. The molecule has 14 heavy (non-hydrogen) atoms. The van der Waals surface area contributed by atoms with Crippen molar-refractivity contribution in [3.63, 3.8) is 0 Å². The molecule has 0 saturated heterocycles. The second kappa shape index (κ2) is 5.11. The van der Waals surface area contributed by atoms with Crippen molar-refractivity contribution in [3.8, 4) is 6.07 Å². The van der Waals surface area contributed by atoms with Crippen LogP contribution in [0.15, 0.2) is 5.38 Å². The Labute approximate surface area is 89.6 Å². The zero-order valence-corrected chi connectivity index (χ0v) is 9.77. The molecule has 0 spiro atoms. The molecule has 76 valence electrons. The molecule has 0 fully saturated rings. The molecule has 1 atom stereocenters. The van der Waals surface area contributed by atoms with Crippen molar-refractivity contribution in [3.05, 3.63) is 16.1 Å². The topological polar surface area (TPSA) is 36.7 Å². The summed E-state index contributed by atoms with van der Waals surface area (Å²) in [6, 6.07) is 2.31. The Bertz CT molecular complexity index is 322. The minimum atomic E-state index is 0.126. The number of aromatic nitrogens is 1. The summed E-state index contributed by atoms with van der Waals surface area (Å²) in [5.41, 5.74) is 1.15. The minimum Gasteiger partial charge on any atom is -0.246 e. The highest BCUT2D eigenvalue weighted by molar-refractivity contribution is 7.09. The molecule has 3 heteroatoms. The molecule has 0 aliphatic heterocycles. The third-order valence-corrected chi connectivity index (χ3v) is 3.15. The van der Waals surface area contributed by atoms with Gasteiger partial charge in [-0.15, -0.1) is 11.3 Å². The number of hydrogen-bond donors (Lipinski definition) is 0. The molecule has 0 amide bonds. The summed E-state index contributed by atoms with van der Waals surface area (Å²) in [5, 5.41) is 12.0. The van der Waals surface area contributed by atoms with Crippen molar-refractivity contribution >= 4 is 11.3 Å². The summed E-state index contributed by atoms with van der Waals surface area (Å²) in [7, 11) is 0. The Kier molecular flexibility index (Phi) is 4.09. The molecule has 0 aliphatic rings. The average molecular weight is 208 g/mol. The second-order valence-electron chi connectivity index (χ2n) is 3.76. The summed E-state index contributed by atoms with van der Waals surface area (Å²) in [4.78, 5) is 4.51. The van der Waals surface area contributed by atoms with Crippen LogP contribution in [0.2, 0.25) is 0 Å². The first-order valence-electron chi connectivity index (χ1n) is 5.01. The van der Waals surface area contributed by atoms with Gasteiger partial charge >= 0.3 is 0 Å². The van der Waals surface area contributed by atoms with E-state index in [0.29, 0.717) is 5.92 Å². The number of nitriles is 1. The van der Waals surface area contributed by atoms with Crippen molar-refractivity contribution in [2.75, 3.05) is 0 Å². The predicted octanol–water partition coefficient (Wildman–Crippen LogP) is 3.36. The van der Waals surface area contributed by atoms with Crippen molar-refractivity contribution < 1.29 is 0 Å². The molecule has 1 rings (SSSR count). The van der Waals surface area contributed by atoms with E-state index < -0.39 is 0 Å². The Balaban J connectivity index is 2.64. The van der Waals surface area contributed by atoms with Crippen LogP contribution in [0.3, 0.4) is 0 Å². The van der Waals surface area contributed by atoms with Crippen LogP contribution >= 0.6 is 11.3 Å². The van der Waals surface area contributed by atoms with Crippen LogP contribution in [0.1, 0.15) is 43.8 Å². The normalized spacial score (nSPS) is 12.8. The van der Waals surface area contributed by atoms with Crippen LogP contribution in [0.5, 0.6) is 0 Å². The van der Waals surface area contributed by atoms with Gasteiger partial charge in [-0.2, -0.15) is 5.26 Å². The van der Waals surface area contributed by atoms with Crippen molar-refractivity contribution in [2.24, 2.45) is 5.92 Å². The lowest BCUT2D eigenvalue weighted by molar-refractivity contribution is 0.633. The lowest BCUT2D eigenvalue weighted by Crippen LogP contribution is -2.00. The maximum absolute atomic E-state index is 8.83. The summed E-state index contributed by atoms with van der Waals surface area (Å²) >= 11 is 1.67. The molecule has 0 aromatic carbocycles. The standard InChI is InChI=1S/C11H16N2S/c1-4-9(6-12)5-11-13-10(7-14-11)8(2)3/h7-9H,4-5H2,1-3H3. The van der Waals surface area contributed by atoms with E-state index in [1.54, 1.807) is 11.3 Å². The fourth-order valence-electron chi connectivity index (χ4n) is 1.18.